The first-order chi connectivity index (χ1) is 14.3. The summed E-state index contributed by atoms with van der Waals surface area (Å²) >= 11 is 1.94. The fourth-order valence-corrected chi connectivity index (χ4v) is 5.16. The standard InChI is InChI=1S/C26H28O2S/c1-2-28-25(27)20-12-13-21-29-26(22-14-6-3-7-15-22,23-16-8-4-9-17-23)24-18-10-5-11-19-24/h3-11,14-19H,2,12-13,20-21H2,1H3. The normalized spacial score (nSPS) is 11.2. The van der Waals surface area contributed by atoms with Gasteiger partial charge in [-0.2, -0.15) is 0 Å². The van der Waals surface area contributed by atoms with Gasteiger partial charge in [-0.05, 0) is 42.2 Å². The molecule has 3 rings (SSSR count). The van der Waals surface area contributed by atoms with Crippen LogP contribution in [0.3, 0.4) is 0 Å². The van der Waals surface area contributed by atoms with Gasteiger partial charge in [-0.15, -0.1) is 11.8 Å². The first-order valence-corrected chi connectivity index (χ1v) is 11.2. The lowest BCUT2D eigenvalue weighted by atomic mass is 9.84. The van der Waals surface area contributed by atoms with E-state index in [-0.39, 0.29) is 10.7 Å². The lowest BCUT2D eigenvalue weighted by Crippen LogP contribution is -2.26. The molecule has 0 saturated carbocycles. The van der Waals surface area contributed by atoms with Crippen LogP contribution in [-0.2, 0) is 14.3 Å². The number of benzene rings is 3. The van der Waals surface area contributed by atoms with Crippen molar-refractivity contribution < 1.29 is 9.53 Å². The van der Waals surface area contributed by atoms with Crippen molar-refractivity contribution in [2.75, 3.05) is 12.4 Å². The van der Waals surface area contributed by atoms with Crippen molar-refractivity contribution in [3.8, 4) is 0 Å². The second kappa shape index (κ2) is 10.9. The minimum Gasteiger partial charge on any atom is -0.466 e. The van der Waals surface area contributed by atoms with E-state index in [1.165, 1.54) is 16.7 Å². The summed E-state index contributed by atoms with van der Waals surface area (Å²) in [5, 5.41) is 0. The molecule has 3 aromatic rings. The molecule has 0 aliphatic rings. The lowest BCUT2D eigenvalue weighted by Gasteiger charge is -2.35. The van der Waals surface area contributed by atoms with Crippen LogP contribution in [0.1, 0.15) is 42.9 Å². The molecule has 0 atom stereocenters. The van der Waals surface area contributed by atoms with Gasteiger partial charge in [0.15, 0.2) is 0 Å². The second-order valence-corrected chi connectivity index (χ2v) is 8.20. The van der Waals surface area contributed by atoms with Crippen molar-refractivity contribution >= 4 is 17.7 Å². The van der Waals surface area contributed by atoms with Crippen molar-refractivity contribution in [2.24, 2.45) is 0 Å². The van der Waals surface area contributed by atoms with Crippen molar-refractivity contribution in [1.29, 1.82) is 0 Å². The number of carbonyl (C=O) groups is 1. The molecule has 0 aliphatic heterocycles. The summed E-state index contributed by atoms with van der Waals surface area (Å²) < 4.78 is 4.77. The molecular formula is C26H28O2S. The Hall–Kier alpha value is -2.52. The predicted octanol–water partition coefficient (Wildman–Crippen LogP) is 6.45. The van der Waals surface area contributed by atoms with Gasteiger partial charge < -0.3 is 4.74 Å². The molecule has 0 N–H and O–H groups in total. The largest absolute Gasteiger partial charge is 0.466 e. The highest BCUT2D eigenvalue weighted by molar-refractivity contribution is 8.00. The topological polar surface area (TPSA) is 26.3 Å². The molecule has 3 aromatic carbocycles. The van der Waals surface area contributed by atoms with E-state index in [1.807, 2.05) is 18.7 Å². The Morgan fingerprint density at radius 1 is 0.759 bits per heavy atom. The van der Waals surface area contributed by atoms with Gasteiger partial charge in [-0.1, -0.05) is 91.0 Å². The lowest BCUT2D eigenvalue weighted by molar-refractivity contribution is -0.143. The molecule has 0 spiro atoms. The summed E-state index contributed by atoms with van der Waals surface area (Å²) in [5.41, 5.74) is 3.81. The van der Waals surface area contributed by atoms with Crippen molar-refractivity contribution in [3.63, 3.8) is 0 Å². The Balaban J connectivity index is 1.90. The summed E-state index contributed by atoms with van der Waals surface area (Å²) in [6.45, 7) is 2.30. The van der Waals surface area contributed by atoms with Gasteiger partial charge in [0.25, 0.3) is 0 Å². The molecular weight excluding hydrogens is 376 g/mol. The number of unbranched alkanes of at least 4 members (excludes halogenated alkanes) is 1. The molecule has 0 amide bonds. The average Bonchev–Trinajstić information content (AvgIpc) is 2.78. The Morgan fingerprint density at radius 2 is 1.21 bits per heavy atom. The molecule has 0 bridgehead atoms. The molecule has 0 unspecified atom stereocenters. The summed E-state index contributed by atoms with van der Waals surface area (Å²) in [7, 11) is 0. The van der Waals surface area contributed by atoms with E-state index in [4.69, 9.17) is 4.74 Å². The van der Waals surface area contributed by atoms with Gasteiger partial charge in [0.2, 0.25) is 0 Å². The molecule has 0 heterocycles. The van der Waals surface area contributed by atoms with E-state index in [0.29, 0.717) is 13.0 Å². The van der Waals surface area contributed by atoms with Gasteiger partial charge >= 0.3 is 5.97 Å². The van der Waals surface area contributed by atoms with Crippen LogP contribution in [0, 0.1) is 0 Å². The number of hydrogen-bond acceptors (Lipinski definition) is 3. The van der Waals surface area contributed by atoms with Crippen LogP contribution in [0.2, 0.25) is 0 Å². The van der Waals surface area contributed by atoms with Gasteiger partial charge in [0.05, 0.1) is 11.4 Å². The minimum atomic E-state index is -0.284. The predicted molar refractivity (Wildman–Crippen MR) is 122 cm³/mol. The van der Waals surface area contributed by atoms with Gasteiger partial charge in [-0.3, -0.25) is 4.79 Å². The maximum atomic E-state index is 11.6. The maximum absolute atomic E-state index is 11.6. The molecule has 0 aliphatic carbocycles. The summed E-state index contributed by atoms with van der Waals surface area (Å²) in [6.07, 6.45) is 2.31. The molecule has 0 aromatic heterocycles. The van der Waals surface area contributed by atoms with Crippen LogP contribution >= 0.6 is 11.8 Å². The fraction of sp³-hybridized carbons (Fsp3) is 0.269. The van der Waals surface area contributed by atoms with Crippen LogP contribution in [0.4, 0.5) is 0 Å². The van der Waals surface area contributed by atoms with Crippen LogP contribution in [0.25, 0.3) is 0 Å². The Labute approximate surface area is 178 Å². The smallest absolute Gasteiger partial charge is 0.305 e. The monoisotopic (exact) mass is 404 g/mol. The van der Waals surface area contributed by atoms with Crippen molar-refractivity contribution in [2.45, 2.75) is 30.9 Å². The Morgan fingerprint density at radius 3 is 1.62 bits per heavy atom. The van der Waals surface area contributed by atoms with E-state index in [1.54, 1.807) is 0 Å². The molecule has 0 fully saturated rings. The highest BCUT2D eigenvalue weighted by atomic mass is 32.2. The van der Waals surface area contributed by atoms with Crippen molar-refractivity contribution in [1.82, 2.24) is 0 Å². The van der Waals surface area contributed by atoms with Crippen LogP contribution in [0.5, 0.6) is 0 Å². The van der Waals surface area contributed by atoms with E-state index in [0.717, 1.165) is 18.6 Å². The zero-order chi connectivity index (χ0) is 20.4. The quantitative estimate of drug-likeness (QED) is 0.221. The average molecular weight is 405 g/mol. The first-order valence-electron chi connectivity index (χ1n) is 10.2. The first kappa shape index (κ1) is 21.2. The highest BCUT2D eigenvalue weighted by Crippen LogP contribution is 2.48. The van der Waals surface area contributed by atoms with E-state index >= 15 is 0 Å². The number of rotatable bonds is 10. The highest BCUT2D eigenvalue weighted by Gasteiger charge is 2.36. The summed E-state index contributed by atoms with van der Waals surface area (Å²) in [4.78, 5) is 11.6. The summed E-state index contributed by atoms with van der Waals surface area (Å²) in [6, 6.07) is 32.1. The van der Waals surface area contributed by atoms with Gasteiger partial charge in [0.1, 0.15) is 0 Å². The van der Waals surface area contributed by atoms with E-state index in [9.17, 15) is 4.79 Å². The Kier molecular flexibility index (Phi) is 7.94. The molecule has 2 nitrogen and oxygen atoms in total. The van der Waals surface area contributed by atoms with E-state index in [2.05, 4.69) is 91.0 Å². The SMILES string of the molecule is CCOC(=O)CCCCSC(c1ccccc1)(c1ccccc1)c1ccccc1. The number of ether oxygens (including phenoxy) is 1. The number of esters is 1. The third-order valence-electron chi connectivity index (χ3n) is 4.94. The molecule has 0 saturated heterocycles. The molecule has 3 heteroatoms. The van der Waals surface area contributed by atoms with Crippen molar-refractivity contribution in [3.05, 3.63) is 108 Å². The number of carbonyl (C=O) groups excluding carboxylic acids is 1. The number of thioether (sulfide) groups is 1. The van der Waals surface area contributed by atoms with Crippen LogP contribution in [0.15, 0.2) is 91.0 Å². The minimum absolute atomic E-state index is 0.0991. The third-order valence-corrected chi connectivity index (χ3v) is 6.57. The zero-order valence-electron chi connectivity index (χ0n) is 16.9. The third kappa shape index (κ3) is 5.30. The second-order valence-electron chi connectivity index (χ2n) is 6.89. The van der Waals surface area contributed by atoms with Crippen LogP contribution < -0.4 is 0 Å². The number of hydrogen-bond donors (Lipinski definition) is 0. The maximum Gasteiger partial charge on any atom is 0.305 e. The molecule has 29 heavy (non-hydrogen) atoms. The van der Waals surface area contributed by atoms with Gasteiger partial charge in [-0.25, -0.2) is 0 Å². The van der Waals surface area contributed by atoms with Crippen LogP contribution in [-0.4, -0.2) is 18.3 Å². The summed E-state index contributed by atoms with van der Waals surface area (Å²) in [5.74, 6) is 0.857. The Bertz CT molecular complexity index is 766. The van der Waals surface area contributed by atoms with E-state index < -0.39 is 0 Å². The molecule has 0 radical (unpaired) electrons. The fourth-order valence-electron chi connectivity index (χ4n) is 3.60. The zero-order valence-corrected chi connectivity index (χ0v) is 17.7. The van der Waals surface area contributed by atoms with Gasteiger partial charge in [0, 0.05) is 6.42 Å². The molecule has 150 valence electrons.